The first-order valence-electron chi connectivity index (χ1n) is 10.9. The predicted molar refractivity (Wildman–Crippen MR) is 136 cm³/mol. The molecule has 0 radical (unpaired) electrons. The molecule has 1 aliphatic rings. The van der Waals surface area contributed by atoms with E-state index in [9.17, 15) is 13.2 Å². The van der Waals surface area contributed by atoms with E-state index in [0.717, 1.165) is 46.9 Å². The Morgan fingerprint density at radius 2 is 1.71 bits per heavy atom. The smallest absolute Gasteiger partial charge is 0.274 e. The van der Waals surface area contributed by atoms with Crippen molar-refractivity contribution in [3.05, 3.63) is 77.4 Å². The molecule has 0 N–H and O–H groups in total. The molecule has 174 valence electrons. The van der Waals surface area contributed by atoms with Crippen molar-refractivity contribution < 1.29 is 13.2 Å². The summed E-state index contributed by atoms with van der Waals surface area (Å²) in [7, 11) is -3.31. The molecule has 0 atom stereocenters. The van der Waals surface area contributed by atoms with Crippen molar-refractivity contribution in [2.24, 2.45) is 0 Å². The molecule has 1 saturated heterocycles. The topological polar surface area (TPSA) is 72.3 Å². The summed E-state index contributed by atoms with van der Waals surface area (Å²) >= 11 is 7.99. The molecule has 0 saturated carbocycles. The van der Waals surface area contributed by atoms with Crippen molar-refractivity contribution in [2.75, 3.05) is 19.3 Å². The molecule has 34 heavy (non-hydrogen) atoms. The summed E-state index contributed by atoms with van der Waals surface area (Å²) in [5, 5.41) is 5.19. The van der Waals surface area contributed by atoms with E-state index in [1.165, 1.54) is 17.6 Å². The van der Waals surface area contributed by atoms with Gasteiger partial charge in [-0.15, -0.1) is 11.3 Å². The first kappa shape index (κ1) is 22.8. The highest BCUT2D eigenvalue weighted by Crippen LogP contribution is 2.37. The van der Waals surface area contributed by atoms with Crippen LogP contribution in [0, 0.1) is 0 Å². The first-order valence-corrected chi connectivity index (χ1v) is 13.9. The number of carbonyl (C=O) groups is 1. The second-order valence-corrected chi connectivity index (χ2v) is 11.7. The minimum Gasteiger partial charge on any atom is -0.337 e. The number of halogens is 1. The maximum Gasteiger partial charge on any atom is 0.274 e. The van der Waals surface area contributed by atoms with Gasteiger partial charge in [-0.1, -0.05) is 35.9 Å². The van der Waals surface area contributed by atoms with Gasteiger partial charge in [-0.25, -0.2) is 13.1 Å². The Kier molecular flexibility index (Phi) is 6.06. The molecular weight excluding hydrogens is 490 g/mol. The van der Waals surface area contributed by atoms with Crippen molar-refractivity contribution in [3.63, 3.8) is 0 Å². The lowest BCUT2D eigenvalue weighted by atomic mass is 10.2. The number of hydrogen-bond acceptors (Lipinski definition) is 5. The molecular formula is C25H22ClN3O3S2. The molecule has 4 aromatic rings. The predicted octanol–water partition coefficient (Wildman–Crippen LogP) is 5.56. The zero-order chi connectivity index (χ0) is 23.9. The number of aromatic nitrogens is 2. The van der Waals surface area contributed by atoms with Crippen LogP contribution in [0.15, 0.2) is 71.6 Å². The summed E-state index contributed by atoms with van der Waals surface area (Å²) in [6, 6.07) is 20.0. The minimum absolute atomic E-state index is 0.0813. The summed E-state index contributed by atoms with van der Waals surface area (Å²) < 4.78 is 25.7. The molecule has 1 aliphatic heterocycles. The van der Waals surface area contributed by atoms with Gasteiger partial charge in [0.25, 0.3) is 5.91 Å². The Morgan fingerprint density at radius 1 is 0.971 bits per heavy atom. The molecule has 1 fully saturated rings. The Balaban J connectivity index is 1.59. The van der Waals surface area contributed by atoms with Crippen LogP contribution in [0.2, 0.25) is 5.02 Å². The van der Waals surface area contributed by atoms with Gasteiger partial charge in [-0.3, -0.25) is 4.79 Å². The lowest BCUT2D eigenvalue weighted by Gasteiger charge is -2.12. The van der Waals surface area contributed by atoms with Crippen LogP contribution in [-0.2, 0) is 9.84 Å². The largest absolute Gasteiger partial charge is 0.337 e. The number of hydrogen-bond donors (Lipinski definition) is 0. The maximum atomic E-state index is 13.1. The van der Waals surface area contributed by atoms with Crippen LogP contribution in [0.1, 0.15) is 23.3 Å². The standard InChI is InChI=1S/C25H22ClN3O3S2/c1-34(31,32)18-8-6-7-17(15-18)23-11-12-24(33-23)22-16-20(25(30)28-13-4-5-14-28)27-29(22)21-10-3-2-9-19(21)26/h2-3,6-12,15-16H,4-5,13-14H2,1H3. The van der Waals surface area contributed by atoms with E-state index < -0.39 is 9.84 Å². The SMILES string of the molecule is CS(=O)(=O)c1cccc(-c2ccc(-c3cc(C(=O)N4CCCC4)nn3-c3ccccc3Cl)s2)c1. The van der Waals surface area contributed by atoms with Crippen LogP contribution in [0.3, 0.4) is 0 Å². The quantitative estimate of drug-likeness (QED) is 0.351. The van der Waals surface area contributed by atoms with Crippen molar-refractivity contribution >= 4 is 38.7 Å². The second kappa shape index (κ2) is 9.02. The number of rotatable bonds is 5. The molecule has 0 unspecified atom stereocenters. The highest BCUT2D eigenvalue weighted by molar-refractivity contribution is 7.90. The fraction of sp³-hybridized carbons (Fsp3) is 0.200. The van der Waals surface area contributed by atoms with Crippen molar-refractivity contribution in [2.45, 2.75) is 17.7 Å². The Hall–Kier alpha value is -2.94. The summed E-state index contributed by atoms with van der Waals surface area (Å²) in [5.74, 6) is -0.0813. The number of amides is 1. The highest BCUT2D eigenvalue weighted by Gasteiger charge is 2.25. The molecule has 9 heteroatoms. The van der Waals surface area contributed by atoms with Crippen LogP contribution in [0.5, 0.6) is 0 Å². The van der Waals surface area contributed by atoms with E-state index in [2.05, 4.69) is 5.10 Å². The summed E-state index contributed by atoms with van der Waals surface area (Å²) in [4.78, 5) is 17.0. The molecule has 5 rings (SSSR count). The third-order valence-corrected chi connectivity index (χ3v) is 8.39. The molecule has 1 amide bonds. The lowest BCUT2D eigenvalue weighted by Crippen LogP contribution is -2.28. The summed E-state index contributed by atoms with van der Waals surface area (Å²) in [6.45, 7) is 1.49. The van der Waals surface area contributed by atoms with Gasteiger partial charge in [0.05, 0.1) is 26.2 Å². The molecule has 2 aromatic heterocycles. The minimum atomic E-state index is -3.31. The number of benzene rings is 2. The Labute approximate surface area is 207 Å². The average molecular weight is 512 g/mol. The molecule has 2 aromatic carbocycles. The van der Waals surface area contributed by atoms with Gasteiger partial charge in [0.2, 0.25) is 0 Å². The van der Waals surface area contributed by atoms with Gasteiger partial charge >= 0.3 is 0 Å². The van der Waals surface area contributed by atoms with Crippen molar-refractivity contribution in [1.82, 2.24) is 14.7 Å². The van der Waals surface area contributed by atoms with Crippen molar-refractivity contribution in [3.8, 4) is 26.7 Å². The molecule has 0 aliphatic carbocycles. The second-order valence-electron chi connectivity index (χ2n) is 8.24. The van der Waals surface area contributed by atoms with Crippen LogP contribution in [0.25, 0.3) is 26.7 Å². The van der Waals surface area contributed by atoms with E-state index in [4.69, 9.17) is 11.6 Å². The Bertz CT molecular complexity index is 1480. The third-order valence-electron chi connectivity index (χ3n) is 5.81. The fourth-order valence-electron chi connectivity index (χ4n) is 4.06. The van der Waals surface area contributed by atoms with Crippen LogP contribution < -0.4 is 0 Å². The lowest BCUT2D eigenvalue weighted by molar-refractivity contribution is 0.0786. The average Bonchev–Trinajstić information content (AvgIpc) is 3.59. The molecule has 0 spiro atoms. The fourth-order valence-corrected chi connectivity index (χ4v) is 5.95. The third kappa shape index (κ3) is 4.41. The monoisotopic (exact) mass is 511 g/mol. The van der Waals surface area contributed by atoms with Crippen LogP contribution >= 0.6 is 22.9 Å². The summed E-state index contributed by atoms with van der Waals surface area (Å²) in [5.41, 5.74) is 2.64. The van der Waals surface area contributed by atoms with Gasteiger partial charge in [0, 0.05) is 24.2 Å². The maximum absolute atomic E-state index is 13.1. The van der Waals surface area contributed by atoms with Gasteiger partial charge < -0.3 is 4.90 Å². The number of sulfone groups is 1. The van der Waals surface area contributed by atoms with E-state index in [0.29, 0.717) is 16.4 Å². The zero-order valence-corrected chi connectivity index (χ0v) is 20.8. The normalized spacial score (nSPS) is 14.0. The van der Waals surface area contributed by atoms with E-state index in [1.807, 2.05) is 47.4 Å². The van der Waals surface area contributed by atoms with E-state index >= 15 is 0 Å². The van der Waals surface area contributed by atoms with Crippen LogP contribution in [0.4, 0.5) is 0 Å². The zero-order valence-electron chi connectivity index (χ0n) is 18.4. The number of nitrogens with zero attached hydrogens (tertiary/aromatic N) is 3. The van der Waals surface area contributed by atoms with Gasteiger partial charge in [-0.05, 0) is 60.9 Å². The highest BCUT2D eigenvalue weighted by atomic mass is 35.5. The van der Waals surface area contributed by atoms with Crippen molar-refractivity contribution in [1.29, 1.82) is 0 Å². The van der Waals surface area contributed by atoms with Crippen LogP contribution in [-0.4, -0.2) is 48.4 Å². The number of thiophene rings is 1. The number of para-hydroxylation sites is 1. The van der Waals surface area contributed by atoms with E-state index in [1.54, 1.807) is 28.9 Å². The number of likely N-dealkylation sites (tertiary alicyclic amines) is 1. The molecule has 3 heterocycles. The Morgan fingerprint density at radius 3 is 2.44 bits per heavy atom. The van der Waals surface area contributed by atoms with Gasteiger partial charge in [0.1, 0.15) is 0 Å². The van der Waals surface area contributed by atoms with Gasteiger partial charge in [0.15, 0.2) is 15.5 Å². The molecule has 6 nitrogen and oxygen atoms in total. The first-order chi connectivity index (χ1) is 16.3. The summed E-state index contributed by atoms with van der Waals surface area (Å²) in [6.07, 6.45) is 3.21. The van der Waals surface area contributed by atoms with E-state index in [-0.39, 0.29) is 10.8 Å². The van der Waals surface area contributed by atoms with Gasteiger partial charge in [-0.2, -0.15) is 5.10 Å². The number of carbonyl (C=O) groups excluding carboxylic acids is 1. The molecule has 0 bridgehead atoms.